The zero-order valence-corrected chi connectivity index (χ0v) is 19.3. The standard InChI is InChI=1S/C27H26N2O5/c1-4-19(17-10-6-5-7-11-17)26(30)29-24-20-12-8-9-13-21(20)34-25(24)27(31)28-18-14-15-22(32-2)23(16-18)33-3/h5-16,19H,4H2,1-3H3,(H,28,31)(H,29,30). The number of para-hydroxylation sites is 1. The van der Waals surface area contributed by atoms with E-state index in [1.807, 2.05) is 55.5 Å². The number of anilines is 2. The van der Waals surface area contributed by atoms with Gasteiger partial charge in [-0.15, -0.1) is 0 Å². The molecule has 3 aromatic carbocycles. The van der Waals surface area contributed by atoms with Gasteiger partial charge in [-0.05, 0) is 36.2 Å². The molecular weight excluding hydrogens is 432 g/mol. The number of carbonyl (C=O) groups excluding carboxylic acids is 2. The van der Waals surface area contributed by atoms with Crippen molar-refractivity contribution in [3.05, 3.63) is 84.1 Å². The van der Waals surface area contributed by atoms with Crippen molar-refractivity contribution in [2.24, 2.45) is 0 Å². The van der Waals surface area contributed by atoms with Gasteiger partial charge in [-0.2, -0.15) is 0 Å². The first-order valence-corrected chi connectivity index (χ1v) is 11.0. The molecule has 1 heterocycles. The highest BCUT2D eigenvalue weighted by molar-refractivity contribution is 6.15. The molecule has 0 radical (unpaired) electrons. The fraction of sp³-hybridized carbons (Fsp3) is 0.185. The molecule has 0 saturated carbocycles. The predicted octanol–water partition coefficient (Wildman–Crippen LogP) is 5.83. The second-order valence-electron chi connectivity index (χ2n) is 7.69. The molecule has 174 valence electrons. The quantitative estimate of drug-likeness (QED) is 0.346. The van der Waals surface area contributed by atoms with Gasteiger partial charge in [-0.1, -0.05) is 49.4 Å². The summed E-state index contributed by atoms with van der Waals surface area (Å²) in [5.74, 6) is -0.0217. The molecule has 0 spiro atoms. The number of amides is 2. The van der Waals surface area contributed by atoms with Gasteiger partial charge in [0.1, 0.15) is 11.3 Å². The predicted molar refractivity (Wildman–Crippen MR) is 132 cm³/mol. The molecule has 4 rings (SSSR count). The molecule has 2 N–H and O–H groups in total. The van der Waals surface area contributed by atoms with Gasteiger partial charge in [0.15, 0.2) is 11.5 Å². The van der Waals surface area contributed by atoms with Crippen molar-refractivity contribution < 1.29 is 23.5 Å². The minimum atomic E-state index is -0.494. The lowest BCUT2D eigenvalue weighted by Crippen LogP contribution is -2.22. The minimum absolute atomic E-state index is 0.0206. The molecule has 7 nitrogen and oxygen atoms in total. The highest BCUT2D eigenvalue weighted by atomic mass is 16.5. The van der Waals surface area contributed by atoms with Crippen LogP contribution in [-0.2, 0) is 4.79 Å². The van der Waals surface area contributed by atoms with Crippen LogP contribution in [0.3, 0.4) is 0 Å². The van der Waals surface area contributed by atoms with Crippen LogP contribution in [0.5, 0.6) is 11.5 Å². The van der Waals surface area contributed by atoms with E-state index in [-0.39, 0.29) is 17.6 Å². The lowest BCUT2D eigenvalue weighted by atomic mass is 9.95. The summed E-state index contributed by atoms with van der Waals surface area (Å²) < 4.78 is 16.4. The van der Waals surface area contributed by atoms with Gasteiger partial charge in [0, 0.05) is 17.1 Å². The summed E-state index contributed by atoms with van der Waals surface area (Å²) in [6.45, 7) is 1.95. The van der Waals surface area contributed by atoms with Crippen LogP contribution in [0.1, 0.15) is 35.4 Å². The van der Waals surface area contributed by atoms with E-state index < -0.39 is 5.91 Å². The molecule has 2 amide bonds. The lowest BCUT2D eigenvalue weighted by molar-refractivity contribution is -0.117. The molecule has 0 bridgehead atoms. The van der Waals surface area contributed by atoms with E-state index in [0.29, 0.717) is 40.3 Å². The Balaban J connectivity index is 1.66. The van der Waals surface area contributed by atoms with Crippen LogP contribution in [0, 0.1) is 0 Å². The summed E-state index contributed by atoms with van der Waals surface area (Å²) >= 11 is 0. The van der Waals surface area contributed by atoms with Gasteiger partial charge in [-0.3, -0.25) is 9.59 Å². The Morgan fingerprint density at radius 1 is 0.882 bits per heavy atom. The van der Waals surface area contributed by atoms with E-state index in [1.54, 1.807) is 31.4 Å². The summed E-state index contributed by atoms with van der Waals surface area (Å²) in [6, 6.07) is 21.8. The first kappa shape index (κ1) is 22.9. The zero-order valence-electron chi connectivity index (χ0n) is 19.3. The van der Waals surface area contributed by atoms with Gasteiger partial charge < -0.3 is 24.5 Å². The van der Waals surface area contributed by atoms with Gasteiger partial charge in [0.05, 0.1) is 20.1 Å². The van der Waals surface area contributed by atoms with Gasteiger partial charge in [0.2, 0.25) is 11.7 Å². The smallest absolute Gasteiger partial charge is 0.293 e. The first-order chi connectivity index (χ1) is 16.5. The van der Waals surface area contributed by atoms with Crippen LogP contribution < -0.4 is 20.1 Å². The third-order valence-electron chi connectivity index (χ3n) is 5.62. The number of methoxy groups -OCH3 is 2. The third-order valence-corrected chi connectivity index (χ3v) is 5.62. The second kappa shape index (κ2) is 10.1. The molecule has 0 fully saturated rings. The summed E-state index contributed by atoms with van der Waals surface area (Å²) in [4.78, 5) is 26.5. The second-order valence-corrected chi connectivity index (χ2v) is 7.69. The summed E-state index contributed by atoms with van der Waals surface area (Å²) in [5.41, 5.74) is 2.25. The zero-order chi connectivity index (χ0) is 24.1. The van der Waals surface area contributed by atoms with Crippen LogP contribution in [0.2, 0.25) is 0 Å². The van der Waals surface area contributed by atoms with E-state index >= 15 is 0 Å². The Kier molecular flexibility index (Phi) is 6.82. The van der Waals surface area contributed by atoms with Crippen molar-refractivity contribution in [2.75, 3.05) is 24.9 Å². The van der Waals surface area contributed by atoms with Crippen molar-refractivity contribution in [1.29, 1.82) is 0 Å². The van der Waals surface area contributed by atoms with Crippen LogP contribution in [-0.4, -0.2) is 26.0 Å². The van der Waals surface area contributed by atoms with Crippen LogP contribution in [0.4, 0.5) is 11.4 Å². The third kappa shape index (κ3) is 4.59. The molecule has 1 atom stereocenters. The number of hydrogen-bond donors (Lipinski definition) is 2. The topological polar surface area (TPSA) is 89.8 Å². The maximum absolute atomic E-state index is 13.3. The highest BCUT2D eigenvalue weighted by Crippen LogP contribution is 2.34. The molecule has 0 saturated heterocycles. The molecule has 4 aromatic rings. The first-order valence-electron chi connectivity index (χ1n) is 11.0. The fourth-order valence-electron chi connectivity index (χ4n) is 3.90. The number of nitrogens with one attached hydrogen (secondary N) is 2. The van der Waals surface area contributed by atoms with Gasteiger partial charge >= 0.3 is 0 Å². The Morgan fingerprint density at radius 3 is 2.29 bits per heavy atom. The van der Waals surface area contributed by atoms with Crippen molar-refractivity contribution in [3.8, 4) is 11.5 Å². The molecule has 0 aliphatic rings. The normalized spacial score (nSPS) is 11.6. The van der Waals surface area contributed by atoms with Crippen molar-refractivity contribution in [2.45, 2.75) is 19.3 Å². The number of furan rings is 1. The van der Waals surface area contributed by atoms with Crippen LogP contribution in [0.15, 0.2) is 77.2 Å². The Bertz CT molecular complexity index is 1310. The van der Waals surface area contributed by atoms with Crippen molar-refractivity contribution >= 4 is 34.2 Å². The molecule has 34 heavy (non-hydrogen) atoms. The number of ether oxygens (including phenoxy) is 2. The number of rotatable bonds is 8. The SMILES string of the molecule is CCC(C(=O)Nc1c(C(=O)Nc2ccc(OC)c(OC)c2)oc2ccccc12)c1ccccc1. The van der Waals surface area contributed by atoms with E-state index in [1.165, 1.54) is 7.11 Å². The fourth-order valence-corrected chi connectivity index (χ4v) is 3.90. The minimum Gasteiger partial charge on any atom is -0.493 e. The lowest BCUT2D eigenvalue weighted by Gasteiger charge is -2.16. The molecule has 7 heteroatoms. The molecule has 1 unspecified atom stereocenters. The number of fused-ring (bicyclic) bond motifs is 1. The maximum Gasteiger partial charge on any atom is 0.293 e. The van der Waals surface area contributed by atoms with Gasteiger partial charge in [-0.25, -0.2) is 0 Å². The average molecular weight is 459 g/mol. The van der Waals surface area contributed by atoms with Crippen LogP contribution in [0.25, 0.3) is 11.0 Å². The number of hydrogen-bond acceptors (Lipinski definition) is 5. The average Bonchev–Trinajstić information content (AvgIpc) is 3.23. The van der Waals surface area contributed by atoms with E-state index in [0.717, 1.165) is 5.56 Å². The Hall–Kier alpha value is -4.26. The van der Waals surface area contributed by atoms with E-state index in [9.17, 15) is 9.59 Å². The summed E-state index contributed by atoms with van der Waals surface area (Å²) in [7, 11) is 3.06. The molecule has 0 aliphatic carbocycles. The molecule has 1 aromatic heterocycles. The van der Waals surface area contributed by atoms with Crippen molar-refractivity contribution in [3.63, 3.8) is 0 Å². The summed E-state index contributed by atoms with van der Waals surface area (Å²) in [6.07, 6.45) is 0.610. The van der Waals surface area contributed by atoms with Gasteiger partial charge in [0.25, 0.3) is 5.91 Å². The largest absolute Gasteiger partial charge is 0.493 e. The molecular formula is C27H26N2O5. The highest BCUT2D eigenvalue weighted by Gasteiger charge is 2.26. The maximum atomic E-state index is 13.3. The Morgan fingerprint density at radius 2 is 1.59 bits per heavy atom. The number of benzene rings is 3. The molecule has 0 aliphatic heterocycles. The number of carbonyl (C=O) groups is 2. The van der Waals surface area contributed by atoms with Crippen molar-refractivity contribution in [1.82, 2.24) is 0 Å². The summed E-state index contributed by atoms with van der Waals surface area (Å²) in [5, 5.41) is 6.42. The van der Waals surface area contributed by atoms with E-state index in [4.69, 9.17) is 13.9 Å². The van der Waals surface area contributed by atoms with E-state index in [2.05, 4.69) is 10.6 Å². The van der Waals surface area contributed by atoms with Crippen LogP contribution >= 0.6 is 0 Å². The monoisotopic (exact) mass is 458 g/mol. The Labute approximate surface area is 197 Å².